The molecule has 6 heteroatoms. The standard InChI is InChI=1S/C21H22FN3O2/c22-16-5-3-15(4-6-16)19-11-12-25(19)21(27)24-18-7-1-14(2-8-18)13-20(26)23-17-9-10-17/h1-8,17,19H,9-13H2,(H,23,26)(H,24,27)/t19-/m1/s1. The third kappa shape index (κ3) is 4.27. The number of hydrogen-bond acceptors (Lipinski definition) is 2. The predicted octanol–water partition coefficient (Wildman–Crippen LogP) is 3.63. The van der Waals surface area contributed by atoms with Crippen LogP contribution in [0.5, 0.6) is 0 Å². The highest BCUT2D eigenvalue weighted by Crippen LogP contribution is 2.33. The molecule has 1 heterocycles. The van der Waals surface area contributed by atoms with Gasteiger partial charge in [-0.3, -0.25) is 4.79 Å². The highest BCUT2D eigenvalue weighted by molar-refractivity contribution is 5.90. The minimum atomic E-state index is -0.278. The van der Waals surface area contributed by atoms with Gasteiger partial charge in [-0.2, -0.15) is 0 Å². The number of nitrogens with one attached hydrogen (secondary N) is 2. The SMILES string of the molecule is O=C(Cc1ccc(NC(=O)N2CC[C@@H]2c2ccc(F)cc2)cc1)NC1CC1. The fraction of sp³-hybridized carbons (Fsp3) is 0.333. The molecule has 0 aromatic heterocycles. The average molecular weight is 367 g/mol. The van der Waals surface area contributed by atoms with Gasteiger partial charge in [-0.15, -0.1) is 0 Å². The summed E-state index contributed by atoms with van der Waals surface area (Å²) in [7, 11) is 0. The molecule has 1 aliphatic heterocycles. The maximum atomic E-state index is 13.1. The number of anilines is 1. The highest BCUT2D eigenvalue weighted by Gasteiger charge is 2.33. The number of halogens is 1. The summed E-state index contributed by atoms with van der Waals surface area (Å²) in [6, 6.07) is 13.8. The summed E-state index contributed by atoms with van der Waals surface area (Å²) in [5, 5.41) is 5.85. The van der Waals surface area contributed by atoms with Crippen molar-refractivity contribution in [2.75, 3.05) is 11.9 Å². The molecular formula is C21H22FN3O2. The van der Waals surface area contributed by atoms with Crippen molar-refractivity contribution in [3.8, 4) is 0 Å². The Morgan fingerprint density at radius 3 is 2.30 bits per heavy atom. The minimum absolute atomic E-state index is 0.0176. The van der Waals surface area contributed by atoms with Crippen LogP contribution in [0.3, 0.4) is 0 Å². The first kappa shape index (κ1) is 17.5. The van der Waals surface area contributed by atoms with Gasteiger partial charge >= 0.3 is 6.03 Å². The summed E-state index contributed by atoms with van der Waals surface area (Å²) < 4.78 is 13.1. The van der Waals surface area contributed by atoms with Gasteiger partial charge in [0.25, 0.3) is 0 Å². The quantitative estimate of drug-likeness (QED) is 0.848. The van der Waals surface area contributed by atoms with E-state index in [4.69, 9.17) is 0 Å². The molecule has 0 radical (unpaired) electrons. The first-order chi connectivity index (χ1) is 13.1. The van der Waals surface area contributed by atoms with Gasteiger partial charge in [-0.25, -0.2) is 9.18 Å². The number of likely N-dealkylation sites (tertiary alicyclic amines) is 1. The van der Waals surface area contributed by atoms with Crippen molar-refractivity contribution in [1.82, 2.24) is 10.2 Å². The molecule has 0 bridgehead atoms. The molecule has 4 rings (SSSR count). The van der Waals surface area contributed by atoms with Gasteiger partial charge in [-0.05, 0) is 54.7 Å². The van der Waals surface area contributed by atoms with E-state index in [9.17, 15) is 14.0 Å². The zero-order valence-corrected chi connectivity index (χ0v) is 15.0. The molecule has 140 valence electrons. The molecule has 27 heavy (non-hydrogen) atoms. The van der Waals surface area contributed by atoms with E-state index in [2.05, 4.69) is 10.6 Å². The Labute approximate surface area is 157 Å². The van der Waals surface area contributed by atoms with Crippen molar-refractivity contribution in [3.63, 3.8) is 0 Å². The molecule has 1 saturated heterocycles. The molecular weight excluding hydrogens is 345 g/mol. The number of hydrogen-bond donors (Lipinski definition) is 2. The van der Waals surface area contributed by atoms with Crippen molar-refractivity contribution in [3.05, 3.63) is 65.5 Å². The number of carbonyl (C=O) groups is 2. The lowest BCUT2D eigenvalue weighted by molar-refractivity contribution is -0.120. The number of rotatable bonds is 5. The number of benzene rings is 2. The number of amides is 3. The largest absolute Gasteiger partial charge is 0.353 e. The van der Waals surface area contributed by atoms with Crippen molar-refractivity contribution >= 4 is 17.6 Å². The Morgan fingerprint density at radius 1 is 1.00 bits per heavy atom. The lowest BCUT2D eigenvalue weighted by Crippen LogP contribution is -2.47. The second-order valence-corrected chi connectivity index (χ2v) is 7.20. The molecule has 3 amide bonds. The van der Waals surface area contributed by atoms with Crippen LogP contribution in [0, 0.1) is 5.82 Å². The summed E-state index contributed by atoms with van der Waals surface area (Å²) in [6.45, 7) is 0.674. The molecule has 1 aliphatic carbocycles. The molecule has 2 N–H and O–H groups in total. The summed E-state index contributed by atoms with van der Waals surface area (Å²) in [4.78, 5) is 26.1. The first-order valence-electron chi connectivity index (χ1n) is 9.30. The molecule has 1 saturated carbocycles. The van der Waals surface area contributed by atoms with Crippen LogP contribution < -0.4 is 10.6 Å². The monoisotopic (exact) mass is 367 g/mol. The maximum Gasteiger partial charge on any atom is 0.322 e. The average Bonchev–Trinajstić information content (AvgIpc) is 3.41. The third-order valence-corrected chi connectivity index (χ3v) is 5.05. The van der Waals surface area contributed by atoms with Crippen LogP contribution in [0.1, 0.15) is 36.4 Å². The van der Waals surface area contributed by atoms with Gasteiger partial charge in [0.2, 0.25) is 5.91 Å². The van der Waals surface area contributed by atoms with E-state index < -0.39 is 0 Å². The van der Waals surface area contributed by atoms with Gasteiger partial charge in [0, 0.05) is 18.3 Å². The Bertz CT molecular complexity index is 832. The Kier molecular flexibility index (Phi) is 4.79. The molecule has 2 aromatic carbocycles. The highest BCUT2D eigenvalue weighted by atomic mass is 19.1. The molecule has 0 spiro atoms. The summed E-state index contributed by atoms with van der Waals surface area (Å²) in [5.74, 6) is -0.239. The topological polar surface area (TPSA) is 61.4 Å². The van der Waals surface area contributed by atoms with Crippen LogP contribution in [0.15, 0.2) is 48.5 Å². The lowest BCUT2D eigenvalue weighted by atomic mass is 9.95. The van der Waals surface area contributed by atoms with Gasteiger partial charge in [0.05, 0.1) is 12.5 Å². The predicted molar refractivity (Wildman–Crippen MR) is 101 cm³/mol. The van der Waals surface area contributed by atoms with Gasteiger partial charge < -0.3 is 15.5 Å². The number of urea groups is 1. The summed E-state index contributed by atoms with van der Waals surface area (Å²) in [5.41, 5.74) is 2.55. The third-order valence-electron chi connectivity index (χ3n) is 5.05. The van der Waals surface area contributed by atoms with Crippen LogP contribution >= 0.6 is 0 Å². The van der Waals surface area contributed by atoms with E-state index in [1.165, 1.54) is 12.1 Å². The van der Waals surface area contributed by atoms with Crippen LogP contribution in [0.2, 0.25) is 0 Å². The normalized spacial score (nSPS) is 18.6. The Morgan fingerprint density at radius 2 is 1.70 bits per heavy atom. The maximum absolute atomic E-state index is 13.1. The minimum Gasteiger partial charge on any atom is -0.353 e. The molecule has 0 unspecified atom stereocenters. The summed E-state index contributed by atoms with van der Waals surface area (Å²) >= 11 is 0. The number of nitrogens with zero attached hydrogens (tertiary/aromatic N) is 1. The molecule has 2 aromatic rings. The zero-order chi connectivity index (χ0) is 18.8. The Balaban J connectivity index is 1.32. The van der Waals surface area contributed by atoms with Gasteiger partial charge in [0.15, 0.2) is 0 Å². The molecule has 5 nitrogen and oxygen atoms in total. The van der Waals surface area contributed by atoms with Crippen molar-refractivity contribution in [2.45, 2.75) is 37.8 Å². The van der Waals surface area contributed by atoms with E-state index in [1.807, 2.05) is 24.3 Å². The molecule has 2 fully saturated rings. The van der Waals surface area contributed by atoms with Crippen LogP contribution in [-0.2, 0) is 11.2 Å². The molecule has 2 aliphatic rings. The van der Waals surface area contributed by atoms with Gasteiger partial charge in [0.1, 0.15) is 5.82 Å². The number of carbonyl (C=O) groups excluding carboxylic acids is 2. The van der Waals surface area contributed by atoms with E-state index in [-0.39, 0.29) is 23.8 Å². The molecule has 1 atom stereocenters. The van der Waals surface area contributed by atoms with Crippen LogP contribution in [0.25, 0.3) is 0 Å². The van der Waals surface area contributed by atoms with E-state index in [0.717, 1.165) is 30.4 Å². The smallest absolute Gasteiger partial charge is 0.322 e. The summed E-state index contributed by atoms with van der Waals surface area (Å²) in [6.07, 6.45) is 3.37. The van der Waals surface area contributed by atoms with Crippen LogP contribution in [0.4, 0.5) is 14.9 Å². The first-order valence-corrected chi connectivity index (χ1v) is 9.30. The van der Waals surface area contributed by atoms with Gasteiger partial charge in [-0.1, -0.05) is 24.3 Å². The second-order valence-electron chi connectivity index (χ2n) is 7.20. The van der Waals surface area contributed by atoms with E-state index in [1.54, 1.807) is 17.0 Å². The second kappa shape index (κ2) is 7.39. The van der Waals surface area contributed by atoms with Crippen molar-refractivity contribution in [2.24, 2.45) is 0 Å². The van der Waals surface area contributed by atoms with E-state index in [0.29, 0.717) is 24.7 Å². The lowest BCUT2D eigenvalue weighted by Gasteiger charge is -2.41. The fourth-order valence-corrected chi connectivity index (χ4v) is 3.25. The van der Waals surface area contributed by atoms with Crippen LogP contribution in [-0.4, -0.2) is 29.4 Å². The Hall–Kier alpha value is -2.89. The fourth-order valence-electron chi connectivity index (χ4n) is 3.25. The van der Waals surface area contributed by atoms with Crippen molar-refractivity contribution < 1.29 is 14.0 Å². The van der Waals surface area contributed by atoms with Crippen molar-refractivity contribution in [1.29, 1.82) is 0 Å². The van der Waals surface area contributed by atoms with E-state index >= 15 is 0 Å². The zero-order valence-electron chi connectivity index (χ0n) is 15.0.